The Morgan fingerprint density at radius 2 is 2.09 bits per heavy atom. The summed E-state index contributed by atoms with van der Waals surface area (Å²) in [6.07, 6.45) is 3.97. The van der Waals surface area contributed by atoms with Gasteiger partial charge in [0.1, 0.15) is 5.82 Å². The third-order valence-corrected chi connectivity index (χ3v) is 3.24. The Balaban J connectivity index is 2.46. The molecular weight excluding hydrogens is 290 g/mol. The predicted molar refractivity (Wildman–Crippen MR) is 97.1 cm³/mol. The van der Waals surface area contributed by atoms with Gasteiger partial charge in [-0.2, -0.15) is 0 Å². The van der Waals surface area contributed by atoms with Crippen molar-refractivity contribution in [1.29, 1.82) is 0 Å². The van der Waals surface area contributed by atoms with Gasteiger partial charge in [0.25, 0.3) is 0 Å². The van der Waals surface area contributed by atoms with Crippen LogP contribution in [-0.4, -0.2) is 51.3 Å². The number of anilines is 1. The van der Waals surface area contributed by atoms with Gasteiger partial charge in [0.2, 0.25) is 0 Å². The molecule has 0 aromatic carbocycles. The molecule has 0 spiro atoms. The van der Waals surface area contributed by atoms with Crippen LogP contribution in [0.3, 0.4) is 0 Å². The molecule has 0 radical (unpaired) electrons. The van der Waals surface area contributed by atoms with Crippen molar-refractivity contribution in [3.63, 3.8) is 0 Å². The van der Waals surface area contributed by atoms with Crippen LogP contribution in [0.15, 0.2) is 23.3 Å². The number of hydrogen-bond acceptors (Lipinski definition) is 4. The number of nitrogens with zero attached hydrogens (tertiary/aromatic N) is 3. The summed E-state index contributed by atoms with van der Waals surface area (Å²) in [6, 6.07) is 4.07. The molecule has 0 bridgehead atoms. The monoisotopic (exact) mass is 321 g/mol. The number of aromatic nitrogens is 1. The van der Waals surface area contributed by atoms with Crippen molar-refractivity contribution >= 4 is 11.8 Å². The minimum atomic E-state index is 0.637. The van der Waals surface area contributed by atoms with Crippen LogP contribution >= 0.6 is 0 Å². The summed E-state index contributed by atoms with van der Waals surface area (Å²) < 4.78 is 5.34. The second-order valence-corrected chi connectivity index (χ2v) is 5.44. The Hall–Kier alpha value is -1.82. The molecular formula is C17H31N5O. The van der Waals surface area contributed by atoms with E-state index in [-0.39, 0.29) is 0 Å². The third-order valence-electron chi connectivity index (χ3n) is 3.24. The molecule has 0 aliphatic heterocycles. The van der Waals surface area contributed by atoms with Gasteiger partial charge in [-0.05, 0) is 44.4 Å². The molecule has 0 atom stereocenters. The topological polar surface area (TPSA) is 61.8 Å². The number of rotatable bonds is 10. The van der Waals surface area contributed by atoms with Crippen LogP contribution in [0.1, 0.15) is 32.3 Å². The first-order chi connectivity index (χ1) is 11.2. The van der Waals surface area contributed by atoms with Crippen LogP contribution in [-0.2, 0) is 11.3 Å². The summed E-state index contributed by atoms with van der Waals surface area (Å²) in [5, 5.41) is 6.64. The number of aliphatic imine (C=N–C) groups is 1. The first-order valence-electron chi connectivity index (χ1n) is 8.39. The Morgan fingerprint density at radius 1 is 1.26 bits per heavy atom. The van der Waals surface area contributed by atoms with E-state index in [2.05, 4.69) is 33.6 Å². The van der Waals surface area contributed by atoms with Crippen LogP contribution in [0.25, 0.3) is 0 Å². The summed E-state index contributed by atoms with van der Waals surface area (Å²) >= 11 is 0. The average Bonchev–Trinajstić information content (AvgIpc) is 2.56. The summed E-state index contributed by atoms with van der Waals surface area (Å²) in [5.74, 6) is 1.80. The Bertz CT molecular complexity index is 462. The van der Waals surface area contributed by atoms with E-state index >= 15 is 0 Å². The molecule has 1 aromatic rings. The first kappa shape index (κ1) is 19.2. The number of hydrogen-bond donors (Lipinski definition) is 2. The summed E-state index contributed by atoms with van der Waals surface area (Å²) in [7, 11) is 3.98. The lowest BCUT2D eigenvalue weighted by Gasteiger charge is -2.13. The van der Waals surface area contributed by atoms with Gasteiger partial charge < -0.3 is 20.3 Å². The van der Waals surface area contributed by atoms with Gasteiger partial charge in [-0.25, -0.2) is 9.98 Å². The molecule has 1 rings (SSSR count). The lowest BCUT2D eigenvalue weighted by atomic mass is 10.2. The zero-order valence-electron chi connectivity index (χ0n) is 14.9. The van der Waals surface area contributed by atoms with Crippen LogP contribution in [0.2, 0.25) is 0 Å². The Morgan fingerprint density at radius 3 is 2.78 bits per heavy atom. The summed E-state index contributed by atoms with van der Waals surface area (Å²) in [6.45, 7) is 8.10. The van der Waals surface area contributed by atoms with Gasteiger partial charge in [0, 0.05) is 46.6 Å². The van der Waals surface area contributed by atoms with Crippen molar-refractivity contribution in [2.75, 3.05) is 45.3 Å². The Kier molecular flexibility index (Phi) is 9.79. The van der Waals surface area contributed by atoms with E-state index < -0.39 is 0 Å². The molecule has 0 saturated carbocycles. The molecule has 1 aromatic heterocycles. The second-order valence-electron chi connectivity index (χ2n) is 5.44. The molecule has 0 aliphatic rings. The molecule has 6 nitrogen and oxygen atoms in total. The van der Waals surface area contributed by atoms with Gasteiger partial charge in [0.15, 0.2) is 5.96 Å². The van der Waals surface area contributed by atoms with Crippen molar-refractivity contribution in [2.45, 2.75) is 33.2 Å². The standard InChI is InChI=1S/C17H31N5O/c1-5-18-17(20-10-7-8-12-23-6-2)21-14-15-9-11-19-16(13-15)22(3)4/h9,11,13H,5-8,10,12,14H2,1-4H3,(H2,18,20,21). The van der Waals surface area contributed by atoms with Gasteiger partial charge in [-0.15, -0.1) is 0 Å². The van der Waals surface area contributed by atoms with E-state index in [9.17, 15) is 0 Å². The number of pyridine rings is 1. The lowest BCUT2D eigenvalue weighted by molar-refractivity contribution is 0.143. The van der Waals surface area contributed by atoms with Gasteiger partial charge in [-0.1, -0.05) is 0 Å². The summed E-state index contributed by atoms with van der Waals surface area (Å²) in [5.41, 5.74) is 1.15. The van der Waals surface area contributed by atoms with E-state index in [0.29, 0.717) is 6.54 Å². The van der Waals surface area contributed by atoms with Gasteiger partial charge >= 0.3 is 0 Å². The molecule has 2 N–H and O–H groups in total. The maximum atomic E-state index is 5.34. The molecule has 23 heavy (non-hydrogen) atoms. The normalized spacial score (nSPS) is 11.4. The minimum absolute atomic E-state index is 0.637. The molecule has 130 valence electrons. The van der Waals surface area contributed by atoms with Gasteiger partial charge in [-0.3, -0.25) is 0 Å². The van der Waals surface area contributed by atoms with E-state index in [1.165, 1.54) is 0 Å². The van der Waals surface area contributed by atoms with Crippen LogP contribution in [0, 0.1) is 0 Å². The number of ether oxygens (including phenoxy) is 1. The average molecular weight is 321 g/mol. The second kappa shape index (κ2) is 11.7. The largest absolute Gasteiger partial charge is 0.382 e. The molecule has 0 fully saturated rings. The third kappa shape index (κ3) is 8.40. The predicted octanol–water partition coefficient (Wildman–Crippen LogP) is 2.02. The number of nitrogens with one attached hydrogen (secondary N) is 2. The van der Waals surface area contributed by atoms with Crippen LogP contribution in [0.5, 0.6) is 0 Å². The number of guanidine groups is 1. The van der Waals surface area contributed by atoms with E-state index in [4.69, 9.17) is 4.74 Å². The highest BCUT2D eigenvalue weighted by Crippen LogP contribution is 2.10. The molecule has 0 aliphatic carbocycles. The van der Waals surface area contributed by atoms with E-state index in [1.54, 1.807) is 0 Å². The van der Waals surface area contributed by atoms with E-state index in [1.807, 2.05) is 38.2 Å². The highest BCUT2D eigenvalue weighted by Gasteiger charge is 2.00. The first-order valence-corrected chi connectivity index (χ1v) is 8.39. The fraction of sp³-hybridized carbons (Fsp3) is 0.647. The smallest absolute Gasteiger partial charge is 0.191 e. The van der Waals surface area contributed by atoms with Crippen molar-refractivity contribution < 1.29 is 4.74 Å². The maximum absolute atomic E-state index is 5.34. The van der Waals surface area contributed by atoms with Crippen molar-refractivity contribution in [2.24, 2.45) is 4.99 Å². The zero-order chi connectivity index (χ0) is 16.9. The summed E-state index contributed by atoms with van der Waals surface area (Å²) in [4.78, 5) is 11.0. The van der Waals surface area contributed by atoms with Crippen molar-refractivity contribution in [3.8, 4) is 0 Å². The Labute approximate surface area is 140 Å². The quantitative estimate of drug-likeness (QED) is 0.392. The molecule has 1 heterocycles. The maximum Gasteiger partial charge on any atom is 0.191 e. The lowest BCUT2D eigenvalue weighted by Crippen LogP contribution is -2.37. The highest BCUT2D eigenvalue weighted by atomic mass is 16.5. The highest BCUT2D eigenvalue weighted by molar-refractivity contribution is 5.79. The fourth-order valence-corrected chi connectivity index (χ4v) is 2.00. The SMILES string of the molecule is CCNC(=NCc1ccnc(N(C)C)c1)NCCCCOCC. The minimum Gasteiger partial charge on any atom is -0.382 e. The van der Waals surface area contributed by atoms with E-state index in [0.717, 1.165) is 56.5 Å². The van der Waals surface area contributed by atoms with Crippen molar-refractivity contribution in [1.82, 2.24) is 15.6 Å². The van der Waals surface area contributed by atoms with Crippen LogP contribution < -0.4 is 15.5 Å². The number of unbranched alkanes of at least 4 members (excludes halogenated alkanes) is 1. The van der Waals surface area contributed by atoms with Crippen molar-refractivity contribution in [3.05, 3.63) is 23.9 Å². The molecule has 0 saturated heterocycles. The molecule has 0 amide bonds. The molecule has 6 heteroatoms. The van der Waals surface area contributed by atoms with Crippen LogP contribution in [0.4, 0.5) is 5.82 Å². The molecule has 0 unspecified atom stereocenters. The van der Waals surface area contributed by atoms with Gasteiger partial charge in [0.05, 0.1) is 6.54 Å². The fourth-order valence-electron chi connectivity index (χ4n) is 2.00. The zero-order valence-corrected chi connectivity index (χ0v) is 14.9.